The Labute approximate surface area is 179 Å². The third-order valence-corrected chi connectivity index (χ3v) is 5.01. The third kappa shape index (κ3) is 7.90. The van der Waals surface area contributed by atoms with E-state index in [-0.39, 0.29) is 24.0 Å². The van der Waals surface area contributed by atoms with E-state index in [1.165, 1.54) is 12.8 Å². The number of halogens is 1. The predicted octanol–water partition coefficient (Wildman–Crippen LogP) is 1.84. The van der Waals surface area contributed by atoms with Crippen LogP contribution in [0.4, 0.5) is 0 Å². The standard InChI is InChI=1S/C18H34N6O2.HI/c1-5-15(6-2)16(24-9-11-25-12-10-24)13-21-18(19-4)20-8-7-17-22-14(3)23-26-17;/h15-16H,5-13H2,1-4H3,(H2,19,20,21);1H. The summed E-state index contributed by atoms with van der Waals surface area (Å²) in [5, 5.41) is 10.6. The smallest absolute Gasteiger partial charge is 0.228 e. The van der Waals surface area contributed by atoms with Gasteiger partial charge in [-0.3, -0.25) is 9.89 Å². The molecule has 2 rings (SSSR count). The van der Waals surface area contributed by atoms with E-state index < -0.39 is 0 Å². The van der Waals surface area contributed by atoms with Crippen LogP contribution >= 0.6 is 24.0 Å². The monoisotopic (exact) mass is 494 g/mol. The number of aliphatic imine (C=N–C) groups is 1. The molecule has 8 nitrogen and oxygen atoms in total. The van der Waals surface area contributed by atoms with Gasteiger partial charge in [0.15, 0.2) is 11.8 Å². The second kappa shape index (κ2) is 13.3. The Hall–Kier alpha value is -0.940. The largest absolute Gasteiger partial charge is 0.379 e. The Bertz CT molecular complexity index is 544. The molecule has 1 saturated heterocycles. The van der Waals surface area contributed by atoms with Crippen LogP contribution in [0, 0.1) is 12.8 Å². The van der Waals surface area contributed by atoms with E-state index in [2.05, 4.69) is 44.5 Å². The Morgan fingerprint density at radius 3 is 2.48 bits per heavy atom. The average molecular weight is 494 g/mol. The van der Waals surface area contributed by atoms with Gasteiger partial charge in [-0.2, -0.15) is 4.98 Å². The van der Waals surface area contributed by atoms with Crippen LogP contribution in [0.2, 0.25) is 0 Å². The topological polar surface area (TPSA) is 87.8 Å². The quantitative estimate of drug-likeness (QED) is 0.308. The summed E-state index contributed by atoms with van der Waals surface area (Å²) in [5.74, 6) is 2.79. The lowest BCUT2D eigenvalue weighted by atomic mass is 9.92. The Balaban J connectivity index is 0.00000364. The molecule has 1 aliphatic heterocycles. The minimum Gasteiger partial charge on any atom is -0.379 e. The van der Waals surface area contributed by atoms with Crippen molar-refractivity contribution in [3.63, 3.8) is 0 Å². The molecule has 2 N–H and O–H groups in total. The number of hydrogen-bond donors (Lipinski definition) is 2. The number of ether oxygens (including phenoxy) is 1. The van der Waals surface area contributed by atoms with Gasteiger partial charge in [0.25, 0.3) is 0 Å². The lowest BCUT2D eigenvalue weighted by Gasteiger charge is -2.39. The van der Waals surface area contributed by atoms with E-state index in [0.717, 1.165) is 38.8 Å². The number of nitrogens with zero attached hydrogens (tertiary/aromatic N) is 4. The highest BCUT2D eigenvalue weighted by Gasteiger charge is 2.26. The van der Waals surface area contributed by atoms with E-state index in [0.29, 0.717) is 36.6 Å². The van der Waals surface area contributed by atoms with Gasteiger partial charge in [-0.15, -0.1) is 24.0 Å². The zero-order valence-corrected chi connectivity index (χ0v) is 19.4. The van der Waals surface area contributed by atoms with Crippen molar-refractivity contribution in [2.24, 2.45) is 10.9 Å². The molecular weight excluding hydrogens is 459 g/mol. The van der Waals surface area contributed by atoms with Crippen molar-refractivity contribution in [1.82, 2.24) is 25.7 Å². The van der Waals surface area contributed by atoms with Crippen LogP contribution in [0.5, 0.6) is 0 Å². The number of hydrogen-bond acceptors (Lipinski definition) is 6. The summed E-state index contributed by atoms with van der Waals surface area (Å²) in [5.41, 5.74) is 0. The first kappa shape index (κ1) is 24.1. The molecule has 0 amide bonds. The molecule has 0 spiro atoms. The van der Waals surface area contributed by atoms with Gasteiger partial charge >= 0.3 is 0 Å². The minimum atomic E-state index is 0. The van der Waals surface area contributed by atoms with Gasteiger partial charge in [0.05, 0.1) is 13.2 Å². The first-order valence-corrected chi connectivity index (χ1v) is 9.73. The SMILES string of the molecule is CCC(CC)C(CNC(=NC)NCCc1nc(C)no1)N1CCOCC1.I. The molecule has 1 aromatic heterocycles. The van der Waals surface area contributed by atoms with Gasteiger partial charge in [0, 0.05) is 45.7 Å². The molecule has 2 heterocycles. The Kier molecular flexibility index (Phi) is 11.8. The van der Waals surface area contributed by atoms with E-state index >= 15 is 0 Å². The van der Waals surface area contributed by atoms with Crippen molar-refractivity contribution in [3.05, 3.63) is 11.7 Å². The van der Waals surface area contributed by atoms with Crippen LogP contribution in [0.25, 0.3) is 0 Å². The summed E-state index contributed by atoms with van der Waals surface area (Å²) in [6.45, 7) is 11.6. The molecule has 0 bridgehead atoms. The van der Waals surface area contributed by atoms with Gasteiger partial charge in [-0.1, -0.05) is 31.8 Å². The van der Waals surface area contributed by atoms with Gasteiger partial charge < -0.3 is 19.9 Å². The fraction of sp³-hybridized carbons (Fsp3) is 0.833. The summed E-state index contributed by atoms with van der Waals surface area (Å²) in [6, 6.07) is 0.492. The van der Waals surface area contributed by atoms with Gasteiger partial charge in [0.1, 0.15) is 0 Å². The molecule has 0 aliphatic carbocycles. The van der Waals surface area contributed by atoms with Crippen molar-refractivity contribution in [2.75, 3.05) is 46.4 Å². The molecule has 0 saturated carbocycles. The number of guanidine groups is 1. The molecule has 1 unspecified atom stereocenters. The van der Waals surface area contributed by atoms with Crippen LogP contribution in [0.15, 0.2) is 9.52 Å². The molecule has 9 heteroatoms. The molecule has 27 heavy (non-hydrogen) atoms. The van der Waals surface area contributed by atoms with Crippen LogP contribution < -0.4 is 10.6 Å². The van der Waals surface area contributed by atoms with Gasteiger partial charge in [-0.25, -0.2) is 0 Å². The highest BCUT2D eigenvalue weighted by Crippen LogP contribution is 2.19. The van der Waals surface area contributed by atoms with Gasteiger partial charge in [0.2, 0.25) is 5.89 Å². The van der Waals surface area contributed by atoms with E-state index in [4.69, 9.17) is 9.26 Å². The molecule has 1 atom stereocenters. The number of nitrogens with one attached hydrogen (secondary N) is 2. The third-order valence-electron chi connectivity index (χ3n) is 5.01. The Morgan fingerprint density at radius 2 is 1.93 bits per heavy atom. The molecule has 0 aromatic carbocycles. The zero-order valence-electron chi connectivity index (χ0n) is 17.0. The maximum atomic E-state index is 5.52. The fourth-order valence-electron chi connectivity index (χ4n) is 3.49. The van der Waals surface area contributed by atoms with Crippen LogP contribution in [0.1, 0.15) is 38.4 Å². The van der Waals surface area contributed by atoms with Crippen molar-refractivity contribution < 1.29 is 9.26 Å². The van der Waals surface area contributed by atoms with E-state index in [9.17, 15) is 0 Å². The molecule has 156 valence electrons. The summed E-state index contributed by atoms with van der Waals surface area (Å²) in [7, 11) is 1.80. The summed E-state index contributed by atoms with van der Waals surface area (Å²) in [6.07, 6.45) is 3.05. The fourth-order valence-corrected chi connectivity index (χ4v) is 3.49. The highest BCUT2D eigenvalue weighted by atomic mass is 127. The van der Waals surface area contributed by atoms with Crippen molar-refractivity contribution in [1.29, 1.82) is 0 Å². The molecule has 0 radical (unpaired) electrons. The van der Waals surface area contributed by atoms with Crippen molar-refractivity contribution >= 4 is 29.9 Å². The molecular formula is C18H35IN6O2. The maximum absolute atomic E-state index is 5.52. The summed E-state index contributed by atoms with van der Waals surface area (Å²) in [4.78, 5) is 11.1. The lowest BCUT2D eigenvalue weighted by molar-refractivity contribution is 0.00272. The molecule has 1 aliphatic rings. The minimum absolute atomic E-state index is 0. The average Bonchev–Trinajstić information content (AvgIpc) is 3.09. The van der Waals surface area contributed by atoms with E-state index in [1.54, 1.807) is 7.05 Å². The zero-order chi connectivity index (χ0) is 18.8. The molecule has 1 aromatic rings. The number of aromatic nitrogens is 2. The second-order valence-electron chi connectivity index (χ2n) is 6.66. The summed E-state index contributed by atoms with van der Waals surface area (Å²) < 4.78 is 10.7. The van der Waals surface area contributed by atoms with Crippen molar-refractivity contribution in [2.45, 2.75) is 46.1 Å². The van der Waals surface area contributed by atoms with Crippen LogP contribution in [-0.2, 0) is 11.2 Å². The van der Waals surface area contributed by atoms with Gasteiger partial charge in [-0.05, 0) is 12.8 Å². The number of morpholine rings is 1. The Morgan fingerprint density at radius 1 is 1.22 bits per heavy atom. The first-order chi connectivity index (χ1) is 12.7. The molecule has 1 fully saturated rings. The maximum Gasteiger partial charge on any atom is 0.228 e. The summed E-state index contributed by atoms with van der Waals surface area (Å²) >= 11 is 0. The van der Waals surface area contributed by atoms with Crippen LogP contribution in [0.3, 0.4) is 0 Å². The normalized spacial score (nSPS) is 16.9. The number of rotatable bonds is 9. The number of aryl methyl sites for hydroxylation is 1. The predicted molar refractivity (Wildman–Crippen MR) is 118 cm³/mol. The van der Waals surface area contributed by atoms with Crippen molar-refractivity contribution in [3.8, 4) is 0 Å². The lowest BCUT2D eigenvalue weighted by Crippen LogP contribution is -2.53. The second-order valence-corrected chi connectivity index (χ2v) is 6.66. The van der Waals surface area contributed by atoms with E-state index in [1.807, 2.05) is 6.92 Å². The van der Waals surface area contributed by atoms with Crippen LogP contribution in [-0.4, -0.2) is 73.5 Å². The first-order valence-electron chi connectivity index (χ1n) is 9.73. The highest BCUT2D eigenvalue weighted by molar-refractivity contribution is 14.0.